The van der Waals surface area contributed by atoms with Gasteiger partial charge in [-0.25, -0.2) is 0 Å². The van der Waals surface area contributed by atoms with Gasteiger partial charge in [0.25, 0.3) is 0 Å². The standard InChI is InChI=1S/C14H18N2OS/c1-14(2,3)11-4-6-12(7-5-11)16(10-17)13-15-8-9-18-13/h4-7,10H,8-9H2,1-3H3. The predicted octanol–water partition coefficient (Wildman–Crippen LogP) is 3.05. The summed E-state index contributed by atoms with van der Waals surface area (Å²) in [6, 6.07) is 8.12. The Bertz CT molecular complexity index is 460. The summed E-state index contributed by atoms with van der Waals surface area (Å²) in [5, 5.41) is 0.800. The third-order valence-electron chi connectivity index (χ3n) is 2.89. The van der Waals surface area contributed by atoms with Crippen molar-refractivity contribution in [2.24, 2.45) is 4.99 Å². The van der Waals surface area contributed by atoms with Crippen molar-refractivity contribution in [3.8, 4) is 0 Å². The molecule has 0 unspecified atom stereocenters. The van der Waals surface area contributed by atoms with E-state index in [2.05, 4.69) is 37.9 Å². The van der Waals surface area contributed by atoms with E-state index < -0.39 is 0 Å². The van der Waals surface area contributed by atoms with Crippen LogP contribution in [0.2, 0.25) is 0 Å². The van der Waals surface area contributed by atoms with Crippen molar-refractivity contribution < 1.29 is 4.79 Å². The summed E-state index contributed by atoms with van der Waals surface area (Å²) in [6.07, 6.45) is 0.837. The van der Waals surface area contributed by atoms with Gasteiger partial charge in [0, 0.05) is 5.75 Å². The second kappa shape index (κ2) is 5.14. The number of hydrogen-bond donors (Lipinski definition) is 0. The molecule has 0 fully saturated rings. The van der Waals surface area contributed by atoms with E-state index in [1.807, 2.05) is 12.1 Å². The Morgan fingerprint density at radius 1 is 1.28 bits per heavy atom. The Kier molecular flexibility index (Phi) is 3.76. The Balaban J connectivity index is 2.25. The predicted molar refractivity (Wildman–Crippen MR) is 78.4 cm³/mol. The maximum absolute atomic E-state index is 11.2. The molecule has 96 valence electrons. The minimum atomic E-state index is 0.129. The van der Waals surface area contributed by atoms with E-state index >= 15 is 0 Å². The fraction of sp³-hybridized carbons (Fsp3) is 0.429. The fourth-order valence-electron chi connectivity index (χ4n) is 1.81. The first kappa shape index (κ1) is 13.1. The number of hydrogen-bond acceptors (Lipinski definition) is 3. The van der Waals surface area contributed by atoms with Crippen molar-refractivity contribution in [3.63, 3.8) is 0 Å². The van der Waals surface area contributed by atoms with Crippen LogP contribution in [0.25, 0.3) is 0 Å². The van der Waals surface area contributed by atoms with E-state index in [0.717, 1.165) is 29.6 Å². The Morgan fingerprint density at radius 2 is 1.94 bits per heavy atom. The van der Waals surface area contributed by atoms with Crippen molar-refractivity contribution in [1.29, 1.82) is 0 Å². The third-order valence-corrected chi connectivity index (χ3v) is 3.86. The number of anilines is 1. The molecule has 0 atom stereocenters. The van der Waals surface area contributed by atoms with E-state index in [0.29, 0.717) is 0 Å². The topological polar surface area (TPSA) is 32.7 Å². The second-order valence-electron chi connectivity index (χ2n) is 5.29. The van der Waals surface area contributed by atoms with Gasteiger partial charge in [0.1, 0.15) is 0 Å². The molecular formula is C14H18N2OS. The van der Waals surface area contributed by atoms with Crippen molar-refractivity contribution >= 4 is 29.0 Å². The van der Waals surface area contributed by atoms with Gasteiger partial charge in [-0.15, -0.1) is 0 Å². The number of rotatable bonds is 2. The first-order chi connectivity index (χ1) is 8.52. The summed E-state index contributed by atoms with van der Waals surface area (Å²) in [6.45, 7) is 7.33. The molecule has 0 aromatic heterocycles. The lowest BCUT2D eigenvalue weighted by Gasteiger charge is -2.21. The molecule has 2 rings (SSSR count). The fourth-order valence-corrected chi connectivity index (χ4v) is 2.64. The van der Waals surface area contributed by atoms with Crippen molar-refractivity contribution in [3.05, 3.63) is 29.8 Å². The van der Waals surface area contributed by atoms with E-state index in [1.54, 1.807) is 16.7 Å². The first-order valence-corrected chi connectivity index (χ1v) is 7.03. The van der Waals surface area contributed by atoms with Gasteiger partial charge < -0.3 is 0 Å². The van der Waals surface area contributed by atoms with Crippen LogP contribution in [0.3, 0.4) is 0 Å². The molecule has 0 spiro atoms. The molecule has 18 heavy (non-hydrogen) atoms. The Labute approximate surface area is 112 Å². The van der Waals surface area contributed by atoms with Crippen LogP contribution in [0.15, 0.2) is 29.3 Å². The highest BCUT2D eigenvalue weighted by molar-refractivity contribution is 8.14. The SMILES string of the molecule is CC(C)(C)c1ccc(N(C=O)C2=NCCS2)cc1. The van der Waals surface area contributed by atoms with Crippen LogP contribution in [0.1, 0.15) is 26.3 Å². The van der Waals surface area contributed by atoms with Gasteiger partial charge in [0.2, 0.25) is 6.41 Å². The number of aliphatic imine (C=N–C) groups is 1. The van der Waals surface area contributed by atoms with Gasteiger partial charge >= 0.3 is 0 Å². The molecule has 0 bridgehead atoms. The molecule has 1 amide bonds. The monoisotopic (exact) mass is 262 g/mol. The highest BCUT2D eigenvalue weighted by atomic mass is 32.2. The lowest BCUT2D eigenvalue weighted by molar-refractivity contribution is -0.106. The molecule has 0 saturated carbocycles. The van der Waals surface area contributed by atoms with Crippen LogP contribution in [-0.2, 0) is 10.2 Å². The van der Waals surface area contributed by atoms with Crippen molar-refractivity contribution in [2.45, 2.75) is 26.2 Å². The molecule has 1 aromatic carbocycles. The molecule has 3 nitrogen and oxygen atoms in total. The van der Waals surface area contributed by atoms with E-state index in [-0.39, 0.29) is 5.41 Å². The molecule has 0 aliphatic carbocycles. The Hall–Kier alpha value is -1.29. The van der Waals surface area contributed by atoms with Gasteiger partial charge in [-0.2, -0.15) is 0 Å². The molecule has 1 aromatic rings. The zero-order chi connectivity index (χ0) is 13.2. The first-order valence-electron chi connectivity index (χ1n) is 6.05. The molecular weight excluding hydrogens is 244 g/mol. The van der Waals surface area contributed by atoms with Crippen LogP contribution in [0.4, 0.5) is 5.69 Å². The summed E-state index contributed by atoms with van der Waals surface area (Å²) in [7, 11) is 0. The lowest BCUT2D eigenvalue weighted by atomic mass is 9.87. The summed E-state index contributed by atoms with van der Waals surface area (Å²) >= 11 is 1.62. The minimum Gasteiger partial charge on any atom is -0.278 e. The normalized spacial score (nSPS) is 15.4. The number of amidine groups is 1. The Morgan fingerprint density at radius 3 is 2.39 bits per heavy atom. The van der Waals surface area contributed by atoms with Crippen LogP contribution >= 0.6 is 11.8 Å². The quantitative estimate of drug-likeness (QED) is 0.767. The highest BCUT2D eigenvalue weighted by Crippen LogP contribution is 2.26. The third kappa shape index (κ3) is 2.75. The highest BCUT2D eigenvalue weighted by Gasteiger charge is 2.18. The number of carbonyl (C=O) groups excluding carboxylic acids is 1. The van der Waals surface area contributed by atoms with E-state index in [1.165, 1.54) is 5.56 Å². The van der Waals surface area contributed by atoms with Gasteiger partial charge in [-0.3, -0.25) is 14.7 Å². The average Bonchev–Trinajstić information content (AvgIpc) is 2.83. The van der Waals surface area contributed by atoms with Gasteiger partial charge in [-0.1, -0.05) is 44.7 Å². The zero-order valence-electron chi connectivity index (χ0n) is 11.0. The summed E-state index contributed by atoms with van der Waals surface area (Å²) in [5.74, 6) is 0.958. The zero-order valence-corrected chi connectivity index (χ0v) is 11.8. The number of carbonyl (C=O) groups is 1. The number of benzene rings is 1. The second-order valence-corrected chi connectivity index (χ2v) is 6.35. The molecule has 4 heteroatoms. The smallest absolute Gasteiger partial charge is 0.220 e. The van der Waals surface area contributed by atoms with Crippen LogP contribution in [0, 0.1) is 0 Å². The van der Waals surface area contributed by atoms with Gasteiger partial charge in [0.15, 0.2) is 5.17 Å². The molecule has 1 heterocycles. The van der Waals surface area contributed by atoms with E-state index in [9.17, 15) is 4.79 Å². The molecule has 0 radical (unpaired) electrons. The molecule has 1 aliphatic rings. The average molecular weight is 262 g/mol. The number of thioether (sulfide) groups is 1. The van der Waals surface area contributed by atoms with Crippen LogP contribution in [-0.4, -0.2) is 23.9 Å². The maximum atomic E-state index is 11.2. The number of amides is 1. The van der Waals surface area contributed by atoms with Crippen LogP contribution < -0.4 is 4.90 Å². The molecule has 0 N–H and O–H groups in total. The van der Waals surface area contributed by atoms with Crippen LogP contribution in [0.5, 0.6) is 0 Å². The van der Waals surface area contributed by atoms with Gasteiger partial charge in [-0.05, 0) is 23.1 Å². The minimum absolute atomic E-state index is 0.129. The van der Waals surface area contributed by atoms with E-state index in [4.69, 9.17) is 0 Å². The molecule has 1 aliphatic heterocycles. The summed E-state index contributed by atoms with van der Waals surface area (Å²) in [5.41, 5.74) is 2.27. The summed E-state index contributed by atoms with van der Waals surface area (Å²) < 4.78 is 0. The largest absolute Gasteiger partial charge is 0.278 e. The van der Waals surface area contributed by atoms with Gasteiger partial charge in [0.05, 0.1) is 12.2 Å². The van der Waals surface area contributed by atoms with Crippen molar-refractivity contribution in [2.75, 3.05) is 17.2 Å². The maximum Gasteiger partial charge on any atom is 0.220 e. The lowest BCUT2D eigenvalue weighted by Crippen LogP contribution is -2.25. The molecule has 0 saturated heterocycles. The summed E-state index contributed by atoms with van der Waals surface area (Å²) in [4.78, 5) is 17.2. The van der Waals surface area contributed by atoms with Crippen molar-refractivity contribution in [1.82, 2.24) is 0 Å². The number of nitrogens with zero attached hydrogens (tertiary/aromatic N) is 2.